The summed E-state index contributed by atoms with van der Waals surface area (Å²) >= 11 is 6.13. The first-order valence-corrected chi connectivity index (χ1v) is 6.93. The summed E-state index contributed by atoms with van der Waals surface area (Å²) in [6, 6.07) is 8.05. The predicted octanol–water partition coefficient (Wildman–Crippen LogP) is 2.31. The van der Waals surface area contributed by atoms with Crippen molar-refractivity contribution in [2.75, 3.05) is 13.1 Å². The zero-order chi connectivity index (χ0) is 12.5. The summed E-state index contributed by atoms with van der Waals surface area (Å²) in [6.07, 6.45) is 3.28. The molecule has 18 heavy (non-hydrogen) atoms. The Hall–Kier alpha value is -1.06. The van der Waals surface area contributed by atoms with Crippen molar-refractivity contribution in [3.63, 3.8) is 0 Å². The molecule has 3 rings (SSSR count). The number of carbonyl (C=O) groups is 1. The van der Waals surface area contributed by atoms with Crippen molar-refractivity contribution in [2.24, 2.45) is 0 Å². The second kappa shape index (κ2) is 4.90. The van der Waals surface area contributed by atoms with Crippen LogP contribution in [0, 0.1) is 0 Å². The van der Waals surface area contributed by atoms with Gasteiger partial charge in [0.25, 0.3) is 5.91 Å². The smallest absolute Gasteiger partial charge is 0.255 e. The molecule has 2 saturated heterocycles. The molecule has 2 unspecified atom stereocenters. The molecule has 2 fully saturated rings. The van der Waals surface area contributed by atoms with E-state index >= 15 is 0 Å². The number of nitrogens with one attached hydrogen (secondary N) is 1. The van der Waals surface area contributed by atoms with Crippen LogP contribution in [0.15, 0.2) is 24.3 Å². The Kier molecular flexibility index (Phi) is 3.27. The third-order valence-electron chi connectivity index (χ3n) is 3.99. The summed E-state index contributed by atoms with van der Waals surface area (Å²) in [5.41, 5.74) is 0.637. The van der Waals surface area contributed by atoms with E-state index in [4.69, 9.17) is 11.6 Å². The first kappa shape index (κ1) is 12.0. The molecule has 2 atom stereocenters. The summed E-state index contributed by atoms with van der Waals surface area (Å²) in [5, 5.41) is 3.96. The van der Waals surface area contributed by atoms with Crippen LogP contribution in [0.5, 0.6) is 0 Å². The monoisotopic (exact) mass is 264 g/mol. The Balaban J connectivity index is 1.90. The van der Waals surface area contributed by atoms with Crippen LogP contribution in [-0.2, 0) is 0 Å². The number of halogens is 1. The number of fused-ring (bicyclic) bond motifs is 2. The van der Waals surface area contributed by atoms with Crippen LogP contribution in [0.4, 0.5) is 0 Å². The summed E-state index contributed by atoms with van der Waals surface area (Å²) in [6.45, 7) is 1.92. The molecule has 0 saturated carbocycles. The van der Waals surface area contributed by atoms with E-state index in [0.29, 0.717) is 22.7 Å². The Morgan fingerprint density at radius 1 is 1.22 bits per heavy atom. The fourth-order valence-corrected chi connectivity index (χ4v) is 3.30. The van der Waals surface area contributed by atoms with E-state index in [1.165, 1.54) is 0 Å². The van der Waals surface area contributed by atoms with Gasteiger partial charge in [-0.1, -0.05) is 23.7 Å². The zero-order valence-corrected chi connectivity index (χ0v) is 11.0. The van der Waals surface area contributed by atoms with Gasteiger partial charge >= 0.3 is 0 Å². The van der Waals surface area contributed by atoms with Gasteiger partial charge in [0.05, 0.1) is 10.6 Å². The van der Waals surface area contributed by atoms with Crippen LogP contribution in [0.25, 0.3) is 0 Å². The van der Waals surface area contributed by atoms with Crippen LogP contribution >= 0.6 is 11.6 Å². The lowest BCUT2D eigenvalue weighted by Crippen LogP contribution is -2.42. The van der Waals surface area contributed by atoms with E-state index < -0.39 is 0 Å². The second-order valence-corrected chi connectivity index (χ2v) is 5.48. The number of carbonyl (C=O) groups excluding carboxylic acids is 1. The van der Waals surface area contributed by atoms with Gasteiger partial charge in [-0.3, -0.25) is 4.79 Å². The normalized spacial score (nSPS) is 27.1. The lowest BCUT2D eigenvalue weighted by atomic mass is 10.1. The van der Waals surface area contributed by atoms with Crippen LogP contribution in [-0.4, -0.2) is 36.0 Å². The molecule has 1 N–H and O–H groups in total. The molecule has 3 nitrogen and oxygen atoms in total. The minimum Gasteiger partial charge on any atom is -0.331 e. The number of nitrogens with zero attached hydrogens (tertiary/aromatic N) is 1. The molecule has 4 heteroatoms. The molecular formula is C14H17ClN2O. The van der Waals surface area contributed by atoms with Gasteiger partial charge in [0.2, 0.25) is 0 Å². The van der Waals surface area contributed by atoms with Gasteiger partial charge in [0.1, 0.15) is 0 Å². The fraction of sp³-hybridized carbons (Fsp3) is 0.500. The number of hydrogen-bond donors (Lipinski definition) is 1. The Labute approximate surface area is 112 Å². The average molecular weight is 265 g/mol. The second-order valence-electron chi connectivity index (χ2n) is 5.07. The van der Waals surface area contributed by atoms with E-state index in [1.54, 1.807) is 6.07 Å². The van der Waals surface area contributed by atoms with Crippen molar-refractivity contribution in [3.05, 3.63) is 34.9 Å². The van der Waals surface area contributed by atoms with Gasteiger partial charge < -0.3 is 10.2 Å². The predicted molar refractivity (Wildman–Crippen MR) is 71.9 cm³/mol. The van der Waals surface area contributed by atoms with E-state index in [-0.39, 0.29) is 5.91 Å². The molecule has 0 radical (unpaired) electrons. The topological polar surface area (TPSA) is 32.3 Å². The first-order chi connectivity index (χ1) is 8.77. The lowest BCUT2D eigenvalue weighted by Gasteiger charge is -2.28. The number of benzene rings is 1. The first-order valence-electron chi connectivity index (χ1n) is 6.55. The summed E-state index contributed by atoms with van der Waals surface area (Å²) < 4.78 is 0. The molecule has 1 aromatic carbocycles. The van der Waals surface area contributed by atoms with Gasteiger partial charge in [0.15, 0.2) is 0 Å². The standard InChI is InChI=1S/C14H17ClN2O/c15-13-4-2-1-3-12(13)14(18)17-10-5-6-11(17)9-16-8-7-10/h1-4,10-11,16H,5-9H2. The third-order valence-corrected chi connectivity index (χ3v) is 4.32. The minimum absolute atomic E-state index is 0.0943. The quantitative estimate of drug-likeness (QED) is 0.844. The minimum atomic E-state index is 0.0943. The number of hydrogen-bond acceptors (Lipinski definition) is 2. The molecule has 0 aliphatic carbocycles. The van der Waals surface area contributed by atoms with E-state index in [9.17, 15) is 4.79 Å². The Morgan fingerprint density at radius 2 is 2.00 bits per heavy atom. The summed E-state index contributed by atoms with van der Waals surface area (Å²) in [4.78, 5) is 14.7. The van der Waals surface area contributed by atoms with Gasteiger partial charge in [-0.25, -0.2) is 0 Å². The van der Waals surface area contributed by atoms with Crippen molar-refractivity contribution in [1.82, 2.24) is 10.2 Å². The Morgan fingerprint density at radius 3 is 2.83 bits per heavy atom. The number of rotatable bonds is 1. The molecule has 2 aliphatic heterocycles. The fourth-order valence-electron chi connectivity index (χ4n) is 3.09. The van der Waals surface area contributed by atoms with Crippen LogP contribution in [0.3, 0.4) is 0 Å². The largest absolute Gasteiger partial charge is 0.331 e. The average Bonchev–Trinajstić information content (AvgIpc) is 2.62. The molecule has 2 aliphatic rings. The van der Waals surface area contributed by atoms with Gasteiger partial charge in [-0.2, -0.15) is 0 Å². The third kappa shape index (κ3) is 2.02. The van der Waals surface area contributed by atoms with Crippen molar-refractivity contribution in [1.29, 1.82) is 0 Å². The van der Waals surface area contributed by atoms with Crippen molar-refractivity contribution in [3.8, 4) is 0 Å². The van der Waals surface area contributed by atoms with Crippen molar-refractivity contribution < 1.29 is 4.79 Å². The van der Waals surface area contributed by atoms with Gasteiger partial charge in [-0.15, -0.1) is 0 Å². The molecule has 1 amide bonds. The molecule has 96 valence electrons. The highest BCUT2D eigenvalue weighted by Gasteiger charge is 2.38. The van der Waals surface area contributed by atoms with Crippen molar-refractivity contribution >= 4 is 17.5 Å². The van der Waals surface area contributed by atoms with Crippen molar-refractivity contribution in [2.45, 2.75) is 31.3 Å². The molecular weight excluding hydrogens is 248 g/mol. The lowest BCUT2D eigenvalue weighted by molar-refractivity contribution is 0.0680. The molecule has 0 spiro atoms. The maximum Gasteiger partial charge on any atom is 0.255 e. The Bertz CT molecular complexity index is 449. The zero-order valence-electron chi connectivity index (χ0n) is 10.2. The molecule has 1 aromatic rings. The van der Waals surface area contributed by atoms with Crippen LogP contribution in [0.1, 0.15) is 29.6 Å². The SMILES string of the molecule is O=C(c1ccccc1Cl)N1C2CCNCC1CC2. The van der Waals surface area contributed by atoms with E-state index in [2.05, 4.69) is 10.2 Å². The molecule has 2 heterocycles. The highest BCUT2D eigenvalue weighted by Crippen LogP contribution is 2.30. The van der Waals surface area contributed by atoms with E-state index in [0.717, 1.165) is 32.4 Å². The van der Waals surface area contributed by atoms with Gasteiger partial charge in [-0.05, 0) is 37.9 Å². The molecule has 0 aromatic heterocycles. The summed E-state index contributed by atoms with van der Waals surface area (Å²) in [7, 11) is 0. The maximum absolute atomic E-state index is 12.6. The van der Waals surface area contributed by atoms with E-state index in [1.807, 2.05) is 18.2 Å². The highest BCUT2D eigenvalue weighted by atomic mass is 35.5. The summed E-state index contributed by atoms with van der Waals surface area (Å²) in [5.74, 6) is 0.0943. The van der Waals surface area contributed by atoms with Crippen LogP contribution in [0.2, 0.25) is 5.02 Å². The van der Waals surface area contributed by atoms with Crippen LogP contribution < -0.4 is 5.32 Å². The molecule has 2 bridgehead atoms. The maximum atomic E-state index is 12.6. The highest BCUT2D eigenvalue weighted by molar-refractivity contribution is 6.33. The van der Waals surface area contributed by atoms with Gasteiger partial charge in [0, 0.05) is 18.6 Å². The number of amides is 1.